The van der Waals surface area contributed by atoms with Crippen molar-refractivity contribution in [3.63, 3.8) is 0 Å². The molecular formula is C16H16F3N5O. The average molecular weight is 351 g/mol. The van der Waals surface area contributed by atoms with Crippen molar-refractivity contribution >= 4 is 0 Å². The molecule has 0 saturated carbocycles. The Hall–Kier alpha value is -2.81. The van der Waals surface area contributed by atoms with E-state index in [0.717, 1.165) is 12.3 Å². The van der Waals surface area contributed by atoms with Gasteiger partial charge in [0.05, 0.1) is 12.3 Å². The first-order valence-electron chi connectivity index (χ1n) is 7.37. The van der Waals surface area contributed by atoms with Gasteiger partial charge in [-0.25, -0.2) is 28.1 Å². The van der Waals surface area contributed by atoms with Gasteiger partial charge in [0.15, 0.2) is 5.82 Å². The molecule has 1 N–H and O–H groups in total. The standard InChI is InChI=1S/C10H9F2N3.C6H7FN2O/c11-9-2-1-8(10(12)5-9)3-4-15-7-13-6-14-15;1-4(10)6-5(7)2-8-3-9-6/h1-2,5-7H,3-4H2;2-4,10H,1H3. The summed E-state index contributed by atoms with van der Waals surface area (Å²) in [6, 6.07) is 3.58. The fraction of sp³-hybridized carbons (Fsp3) is 0.250. The minimum absolute atomic E-state index is 0.0370. The van der Waals surface area contributed by atoms with Gasteiger partial charge in [0.2, 0.25) is 0 Å². The molecule has 0 aliphatic rings. The van der Waals surface area contributed by atoms with Gasteiger partial charge in [-0.3, -0.25) is 4.68 Å². The van der Waals surface area contributed by atoms with E-state index in [4.69, 9.17) is 5.11 Å². The minimum Gasteiger partial charge on any atom is -0.387 e. The zero-order valence-corrected chi connectivity index (χ0v) is 13.4. The first-order valence-corrected chi connectivity index (χ1v) is 7.37. The Labute approximate surface area is 142 Å². The molecule has 25 heavy (non-hydrogen) atoms. The predicted molar refractivity (Wildman–Crippen MR) is 82.7 cm³/mol. The Morgan fingerprint density at radius 2 is 1.92 bits per heavy atom. The Morgan fingerprint density at radius 1 is 1.12 bits per heavy atom. The predicted octanol–water partition coefficient (Wildman–Crippen LogP) is 2.47. The fourth-order valence-corrected chi connectivity index (χ4v) is 1.94. The summed E-state index contributed by atoms with van der Waals surface area (Å²) in [5, 5.41) is 12.8. The molecule has 0 fully saturated rings. The van der Waals surface area contributed by atoms with Gasteiger partial charge in [0.1, 0.15) is 36.3 Å². The number of halogens is 3. The zero-order valence-electron chi connectivity index (χ0n) is 13.4. The number of aliphatic hydroxyl groups is 1. The van der Waals surface area contributed by atoms with Gasteiger partial charge in [-0.05, 0) is 25.0 Å². The van der Waals surface area contributed by atoms with Gasteiger partial charge in [0, 0.05) is 12.6 Å². The molecule has 0 bridgehead atoms. The van der Waals surface area contributed by atoms with E-state index in [1.54, 1.807) is 11.0 Å². The van der Waals surface area contributed by atoms with E-state index in [-0.39, 0.29) is 5.69 Å². The molecule has 3 rings (SSSR count). The Bertz CT molecular complexity index is 796. The highest BCUT2D eigenvalue weighted by atomic mass is 19.1. The normalized spacial score (nSPS) is 11.6. The van der Waals surface area contributed by atoms with Crippen LogP contribution in [0.3, 0.4) is 0 Å². The van der Waals surface area contributed by atoms with E-state index in [1.165, 1.54) is 31.7 Å². The maximum absolute atomic E-state index is 13.2. The third-order valence-electron chi connectivity index (χ3n) is 3.18. The molecular weight excluding hydrogens is 335 g/mol. The highest BCUT2D eigenvalue weighted by Crippen LogP contribution is 2.11. The number of aryl methyl sites for hydroxylation is 2. The van der Waals surface area contributed by atoms with E-state index in [0.29, 0.717) is 18.5 Å². The summed E-state index contributed by atoms with van der Waals surface area (Å²) in [5.41, 5.74) is 0.516. The smallest absolute Gasteiger partial charge is 0.165 e. The highest BCUT2D eigenvalue weighted by molar-refractivity contribution is 5.18. The number of hydrogen-bond donors (Lipinski definition) is 1. The second-order valence-electron chi connectivity index (χ2n) is 5.08. The van der Waals surface area contributed by atoms with Crippen LogP contribution in [0, 0.1) is 17.5 Å². The Kier molecular flexibility index (Phi) is 6.58. The van der Waals surface area contributed by atoms with Crippen molar-refractivity contribution in [2.45, 2.75) is 26.0 Å². The van der Waals surface area contributed by atoms with Crippen molar-refractivity contribution in [2.24, 2.45) is 0 Å². The van der Waals surface area contributed by atoms with Crippen LogP contribution in [0.25, 0.3) is 0 Å². The van der Waals surface area contributed by atoms with E-state index < -0.39 is 23.6 Å². The summed E-state index contributed by atoms with van der Waals surface area (Å²) in [6.45, 7) is 1.98. The number of aromatic nitrogens is 5. The molecule has 0 saturated heterocycles. The van der Waals surface area contributed by atoms with Crippen molar-refractivity contribution in [1.29, 1.82) is 0 Å². The quantitative estimate of drug-likeness (QED) is 0.781. The molecule has 0 radical (unpaired) electrons. The maximum atomic E-state index is 13.2. The number of aliphatic hydroxyl groups excluding tert-OH is 1. The van der Waals surface area contributed by atoms with Gasteiger partial charge in [0.25, 0.3) is 0 Å². The summed E-state index contributed by atoms with van der Waals surface area (Å²) in [4.78, 5) is 10.7. The van der Waals surface area contributed by atoms with Crippen molar-refractivity contribution in [2.75, 3.05) is 0 Å². The van der Waals surface area contributed by atoms with Crippen LogP contribution in [0.1, 0.15) is 24.3 Å². The van der Waals surface area contributed by atoms with E-state index >= 15 is 0 Å². The first-order chi connectivity index (χ1) is 12.0. The minimum atomic E-state index is -0.872. The highest BCUT2D eigenvalue weighted by Gasteiger charge is 2.07. The van der Waals surface area contributed by atoms with Crippen LogP contribution in [0.15, 0.2) is 43.4 Å². The lowest BCUT2D eigenvalue weighted by atomic mass is 10.1. The lowest BCUT2D eigenvalue weighted by Crippen LogP contribution is -2.03. The third kappa shape index (κ3) is 5.64. The van der Waals surface area contributed by atoms with Gasteiger partial charge in [-0.1, -0.05) is 6.07 Å². The second-order valence-corrected chi connectivity index (χ2v) is 5.08. The van der Waals surface area contributed by atoms with Crippen molar-refractivity contribution in [3.05, 3.63) is 72.1 Å². The topological polar surface area (TPSA) is 76.7 Å². The molecule has 3 aromatic rings. The Balaban J connectivity index is 0.000000196. The van der Waals surface area contributed by atoms with E-state index in [1.807, 2.05) is 0 Å². The van der Waals surface area contributed by atoms with Gasteiger partial charge < -0.3 is 5.11 Å². The van der Waals surface area contributed by atoms with Crippen LogP contribution in [0.4, 0.5) is 13.2 Å². The van der Waals surface area contributed by atoms with Gasteiger partial charge in [-0.2, -0.15) is 5.10 Å². The molecule has 1 aromatic carbocycles. The first kappa shape index (κ1) is 18.5. The molecule has 2 aromatic heterocycles. The SMILES string of the molecule is CC(O)c1ncncc1F.Fc1ccc(CCn2cncn2)c(F)c1. The number of nitrogens with zero attached hydrogens (tertiary/aromatic N) is 5. The second kappa shape index (κ2) is 8.88. The summed E-state index contributed by atoms with van der Waals surface area (Å²) < 4.78 is 39.9. The molecule has 9 heteroatoms. The maximum Gasteiger partial charge on any atom is 0.165 e. The molecule has 132 valence electrons. The summed E-state index contributed by atoms with van der Waals surface area (Å²) in [5.74, 6) is -1.65. The zero-order chi connectivity index (χ0) is 18.2. The molecule has 0 aliphatic carbocycles. The summed E-state index contributed by atoms with van der Waals surface area (Å²) in [6.07, 6.45) is 4.79. The number of hydrogen-bond acceptors (Lipinski definition) is 5. The third-order valence-corrected chi connectivity index (χ3v) is 3.18. The van der Waals surface area contributed by atoms with Crippen molar-refractivity contribution in [1.82, 2.24) is 24.7 Å². The van der Waals surface area contributed by atoms with E-state index in [2.05, 4.69) is 20.1 Å². The summed E-state index contributed by atoms with van der Waals surface area (Å²) in [7, 11) is 0. The summed E-state index contributed by atoms with van der Waals surface area (Å²) >= 11 is 0. The molecule has 6 nitrogen and oxygen atoms in total. The molecule has 1 unspecified atom stereocenters. The lowest BCUT2D eigenvalue weighted by Gasteiger charge is -2.02. The monoisotopic (exact) mass is 351 g/mol. The molecule has 0 spiro atoms. The molecule has 1 atom stereocenters. The largest absolute Gasteiger partial charge is 0.387 e. The van der Waals surface area contributed by atoms with Gasteiger partial charge in [-0.15, -0.1) is 0 Å². The number of benzene rings is 1. The lowest BCUT2D eigenvalue weighted by molar-refractivity contribution is 0.188. The van der Waals surface area contributed by atoms with Crippen LogP contribution in [-0.4, -0.2) is 29.8 Å². The van der Waals surface area contributed by atoms with Crippen molar-refractivity contribution in [3.8, 4) is 0 Å². The molecule has 0 amide bonds. The van der Waals surface area contributed by atoms with E-state index in [9.17, 15) is 13.2 Å². The Morgan fingerprint density at radius 3 is 2.48 bits per heavy atom. The number of rotatable bonds is 4. The molecule has 0 aliphatic heterocycles. The average Bonchev–Trinajstić information content (AvgIpc) is 3.08. The van der Waals surface area contributed by atoms with Crippen LogP contribution in [-0.2, 0) is 13.0 Å². The van der Waals surface area contributed by atoms with Crippen LogP contribution < -0.4 is 0 Å². The van der Waals surface area contributed by atoms with Crippen LogP contribution in [0.5, 0.6) is 0 Å². The molecule has 2 heterocycles. The van der Waals surface area contributed by atoms with Crippen LogP contribution in [0.2, 0.25) is 0 Å². The van der Waals surface area contributed by atoms with Gasteiger partial charge >= 0.3 is 0 Å². The van der Waals surface area contributed by atoms with Crippen molar-refractivity contribution < 1.29 is 18.3 Å². The van der Waals surface area contributed by atoms with Crippen LogP contribution >= 0.6 is 0 Å². The fourth-order valence-electron chi connectivity index (χ4n) is 1.94.